The number of hydrogen-bond donors (Lipinski definition) is 1. The number of carbonyl (C=O) groups excluding carboxylic acids is 1. The minimum atomic E-state index is -3.80. The van der Waals surface area contributed by atoms with Crippen LogP contribution in [0, 0.1) is 12.7 Å². The van der Waals surface area contributed by atoms with E-state index in [1.54, 1.807) is 38.2 Å². The number of rotatable bonds is 7. The second kappa shape index (κ2) is 9.36. The molecule has 3 aromatic carbocycles. The van der Waals surface area contributed by atoms with E-state index in [0.717, 1.165) is 0 Å². The molecule has 31 heavy (non-hydrogen) atoms. The number of likely N-dealkylation sites (N-methyl/N-ethyl adjacent to an activating group) is 1. The molecule has 162 valence electrons. The zero-order valence-electron chi connectivity index (χ0n) is 16.8. The van der Waals surface area contributed by atoms with Crippen LogP contribution >= 0.6 is 11.6 Å². The summed E-state index contributed by atoms with van der Waals surface area (Å²) in [6.07, 6.45) is 0. The summed E-state index contributed by atoms with van der Waals surface area (Å²) in [7, 11) is -2.24. The maximum Gasteiger partial charge on any atom is 0.264 e. The van der Waals surface area contributed by atoms with Crippen molar-refractivity contribution >= 4 is 38.9 Å². The van der Waals surface area contributed by atoms with E-state index < -0.39 is 15.8 Å². The van der Waals surface area contributed by atoms with E-state index in [9.17, 15) is 17.6 Å². The fourth-order valence-electron chi connectivity index (χ4n) is 2.73. The van der Waals surface area contributed by atoms with Crippen molar-refractivity contribution in [2.75, 3.05) is 23.3 Å². The van der Waals surface area contributed by atoms with E-state index in [1.807, 2.05) is 0 Å². The topological polar surface area (TPSA) is 75.7 Å². The monoisotopic (exact) mass is 462 g/mol. The van der Waals surface area contributed by atoms with Gasteiger partial charge >= 0.3 is 0 Å². The van der Waals surface area contributed by atoms with E-state index >= 15 is 0 Å². The summed E-state index contributed by atoms with van der Waals surface area (Å²) in [4.78, 5) is 13.8. The first-order chi connectivity index (χ1) is 14.7. The number of hydrogen-bond acceptors (Lipinski definition) is 4. The van der Waals surface area contributed by atoms with Gasteiger partial charge in [0.15, 0.2) is 6.61 Å². The summed E-state index contributed by atoms with van der Waals surface area (Å²) in [6, 6.07) is 16.2. The molecule has 0 saturated carbocycles. The van der Waals surface area contributed by atoms with Crippen LogP contribution in [0.15, 0.2) is 71.6 Å². The standard InChI is InChI=1S/C22H20ClFN2O4S/c1-15-13-20(31(28,29)25-18-7-3-16(23)4-8-18)11-12-21(15)30-14-22(27)26(2)19-9-5-17(24)6-10-19/h3-13,25H,14H2,1-2H3. The van der Waals surface area contributed by atoms with Crippen LogP contribution in [0.5, 0.6) is 5.75 Å². The molecule has 0 unspecified atom stereocenters. The molecule has 0 radical (unpaired) electrons. The van der Waals surface area contributed by atoms with E-state index in [2.05, 4.69) is 4.72 Å². The number of benzene rings is 3. The van der Waals surface area contributed by atoms with Crippen molar-refractivity contribution in [3.63, 3.8) is 0 Å². The van der Waals surface area contributed by atoms with Crippen molar-refractivity contribution in [2.24, 2.45) is 0 Å². The van der Waals surface area contributed by atoms with Gasteiger partial charge in [-0.1, -0.05) is 11.6 Å². The molecule has 3 rings (SSSR count). The number of carbonyl (C=O) groups is 1. The van der Waals surface area contributed by atoms with Crippen LogP contribution in [-0.4, -0.2) is 28.0 Å². The molecule has 9 heteroatoms. The number of amides is 1. The van der Waals surface area contributed by atoms with Gasteiger partial charge in [0.25, 0.3) is 15.9 Å². The van der Waals surface area contributed by atoms with Gasteiger partial charge < -0.3 is 9.64 Å². The molecule has 0 bridgehead atoms. The third-order valence-corrected chi connectivity index (χ3v) is 6.12. The smallest absolute Gasteiger partial charge is 0.264 e. The number of ether oxygens (including phenoxy) is 1. The van der Waals surface area contributed by atoms with Crippen molar-refractivity contribution < 1.29 is 22.3 Å². The molecule has 6 nitrogen and oxygen atoms in total. The maximum absolute atomic E-state index is 13.0. The minimum Gasteiger partial charge on any atom is -0.483 e. The zero-order valence-corrected chi connectivity index (χ0v) is 18.4. The molecular weight excluding hydrogens is 443 g/mol. The number of aryl methyl sites for hydroxylation is 1. The number of nitrogens with zero attached hydrogens (tertiary/aromatic N) is 1. The van der Waals surface area contributed by atoms with Crippen LogP contribution in [0.2, 0.25) is 5.02 Å². The zero-order chi connectivity index (χ0) is 22.6. The number of anilines is 2. The van der Waals surface area contributed by atoms with E-state index in [0.29, 0.717) is 27.7 Å². The first-order valence-electron chi connectivity index (χ1n) is 9.20. The molecule has 0 aliphatic rings. The Kier molecular flexibility index (Phi) is 6.82. The van der Waals surface area contributed by atoms with Gasteiger partial charge in [-0.05, 0) is 79.2 Å². The van der Waals surface area contributed by atoms with Crippen LogP contribution in [-0.2, 0) is 14.8 Å². The first-order valence-corrected chi connectivity index (χ1v) is 11.1. The number of sulfonamides is 1. The minimum absolute atomic E-state index is 0.0575. The summed E-state index contributed by atoms with van der Waals surface area (Å²) < 4.78 is 46.3. The van der Waals surface area contributed by atoms with Crippen molar-refractivity contribution in [3.05, 3.63) is 83.1 Å². The summed E-state index contributed by atoms with van der Waals surface area (Å²) >= 11 is 5.82. The van der Waals surface area contributed by atoms with Crippen LogP contribution in [0.1, 0.15) is 5.56 Å². The largest absolute Gasteiger partial charge is 0.483 e. The lowest BCUT2D eigenvalue weighted by molar-refractivity contribution is -0.120. The second-order valence-electron chi connectivity index (χ2n) is 6.76. The molecule has 1 N–H and O–H groups in total. The lowest BCUT2D eigenvalue weighted by Gasteiger charge is -2.18. The Morgan fingerprint density at radius 2 is 1.71 bits per heavy atom. The highest BCUT2D eigenvalue weighted by atomic mass is 35.5. The van der Waals surface area contributed by atoms with E-state index in [1.165, 1.54) is 47.4 Å². The highest BCUT2D eigenvalue weighted by molar-refractivity contribution is 7.92. The lowest BCUT2D eigenvalue weighted by Crippen LogP contribution is -2.31. The average molecular weight is 463 g/mol. The van der Waals surface area contributed by atoms with Crippen molar-refractivity contribution in [1.82, 2.24) is 0 Å². The fourth-order valence-corrected chi connectivity index (χ4v) is 4.00. The molecule has 0 spiro atoms. The summed E-state index contributed by atoms with van der Waals surface area (Å²) in [5, 5.41) is 0.500. The molecule has 0 atom stereocenters. The van der Waals surface area contributed by atoms with E-state index in [4.69, 9.17) is 16.3 Å². The Balaban J connectivity index is 1.66. The fraction of sp³-hybridized carbons (Fsp3) is 0.136. The van der Waals surface area contributed by atoms with Gasteiger partial charge in [-0.3, -0.25) is 9.52 Å². The Morgan fingerprint density at radius 3 is 2.32 bits per heavy atom. The summed E-state index contributed by atoms with van der Waals surface area (Å²) in [6.45, 7) is 1.43. The van der Waals surface area contributed by atoms with Crippen LogP contribution < -0.4 is 14.4 Å². The Hall–Kier alpha value is -3.10. The summed E-state index contributed by atoms with van der Waals surface area (Å²) in [5.74, 6) is -0.351. The highest BCUT2D eigenvalue weighted by Gasteiger charge is 2.17. The Bertz CT molecular complexity index is 1180. The van der Waals surface area contributed by atoms with Crippen molar-refractivity contribution in [3.8, 4) is 5.75 Å². The predicted octanol–water partition coefficient (Wildman–Crippen LogP) is 4.63. The Morgan fingerprint density at radius 1 is 1.06 bits per heavy atom. The SMILES string of the molecule is Cc1cc(S(=O)(=O)Nc2ccc(Cl)cc2)ccc1OCC(=O)N(C)c1ccc(F)cc1. The molecule has 3 aromatic rings. The Labute approximate surface area is 185 Å². The van der Waals surface area contributed by atoms with Gasteiger partial charge in [-0.2, -0.15) is 0 Å². The van der Waals surface area contributed by atoms with Gasteiger partial charge in [0.1, 0.15) is 11.6 Å². The van der Waals surface area contributed by atoms with Gasteiger partial charge in [-0.25, -0.2) is 12.8 Å². The van der Waals surface area contributed by atoms with Gasteiger partial charge in [-0.15, -0.1) is 0 Å². The molecule has 0 aromatic heterocycles. The van der Waals surface area contributed by atoms with Gasteiger partial charge in [0.2, 0.25) is 0 Å². The first kappa shape index (κ1) is 22.6. The molecular formula is C22H20ClFN2O4S. The third-order valence-electron chi connectivity index (χ3n) is 4.49. The molecule has 0 fully saturated rings. The number of halogens is 2. The maximum atomic E-state index is 13.0. The normalized spacial score (nSPS) is 11.1. The molecule has 0 saturated heterocycles. The van der Waals surface area contributed by atoms with E-state index in [-0.39, 0.29) is 17.4 Å². The average Bonchev–Trinajstić information content (AvgIpc) is 2.74. The molecule has 0 heterocycles. The van der Waals surface area contributed by atoms with Crippen molar-refractivity contribution in [2.45, 2.75) is 11.8 Å². The highest BCUT2D eigenvalue weighted by Crippen LogP contribution is 2.24. The summed E-state index contributed by atoms with van der Waals surface area (Å²) in [5.41, 5.74) is 1.47. The second-order valence-corrected chi connectivity index (χ2v) is 8.88. The lowest BCUT2D eigenvalue weighted by atomic mass is 10.2. The third kappa shape index (κ3) is 5.74. The van der Waals surface area contributed by atoms with Crippen LogP contribution in [0.4, 0.5) is 15.8 Å². The molecule has 0 aliphatic carbocycles. The predicted molar refractivity (Wildman–Crippen MR) is 119 cm³/mol. The quantitative estimate of drug-likeness (QED) is 0.555. The molecule has 0 aliphatic heterocycles. The van der Waals surface area contributed by atoms with Crippen LogP contribution in [0.25, 0.3) is 0 Å². The molecule has 1 amide bonds. The van der Waals surface area contributed by atoms with Gasteiger partial charge in [0.05, 0.1) is 4.90 Å². The van der Waals surface area contributed by atoms with Crippen molar-refractivity contribution in [1.29, 1.82) is 0 Å². The van der Waals surface area contributed by atoms with Gasteiger partial charge in [0, 0.05) is 23.4 Å². The van der Waals surface area contributed by atoms with Crippen LogP contribution in [0.3, 0.4) is 0 Å². The number of nitrogens with one attached hydrogen (secondary N) is 1.